The number of carboxylic acid groups (broad SMARTS) is 1. The van der Waals surface area contributed by atoms with Crippen LogP contribution in [0.4, 0.5) is 0 Å². The maximum atomic E-state index is 12.7. The summed E-state index contributed by atoms with van der Waals surface area (Å²) in [6, 6.07) is 0. The van der Waals surface area contributed by atoms with Crippen LogP contribution in [0.1, 0.15) is 71.6 Å². The molecule has 0 spiro atoms. The molecule has 0 saturated heterocycles. The summed E-state index contributed by atoms with van der Waals surface area (Å²) in [5.74, 6) is -1.27. The van der Waals surface area contributed by atoms with Crippen molar-refractivity contribution in [2.45, 2.75) is 77.7 Å². The Labute approximate surface area is 127 Å². The summed E-state index contributed by atoms with van der Waals surface area (Å²) in [5, 5.41) is 9.06. The fraction of sp³-hybridized carbons (Fsp3) is 0.765. The van der Waals surface area contributed by atoms with Crippen LogP contribution in [0.3, 0.4) is 0 Å². The lowest BCUT2D eigenvalue weighted by atomic mass is 9.75. The van der Waals surface area contributed by atoms with E-state index in [9.17, 15) is 9.59 Å². The summed E-state index contributed by atoms with van der Waals surface area (Å²) >= 11 is 0. The Kier molecular flexibility index (Phi) is 6.93. The number of carbonyl (C=O) groups excluding carboxylic acids is 1. The molecule has 0 aromatic heterocycles. The normalized spacial score (nSPS) is 18.8. The van der Waals surface area contributed by atoms with Crippen molar-refractivity contribution in [3.8, 4) is 0 Å². The Morgan fingerprint density at radius 1 is 1.24 bits per heavy atom. The van der Waals surface area contributed by atoms with Gasteiger partial charge in [0.1, 0.15) is 6.10 Å². The lowest BCUT2D eigenvalue weighted by molar-refractivity contribution is -0.164. The minimum atomic E-state index is -1.03. The predicted molar refractivity (Wildman–Crippen MR) is 82.0 cm³/mol. The Morgan fingerprint density at radius 3 is 2.33 bits per heavy atom. The number of aliphatic carboxylic acids is 1. The number of carbonyl (C=O) groups is 2. The minimum absolute atomic E-state index is 0.00660. The molecule has 1 N–H and O–H groups in total. The summed E-state index contributed by atoms with van der Waals surface area (Å²) in [6.45, 7) is 7.52. The fourth-order valence-corrected chi connectivity index (χ4v) is 3.13. The van der Waals surface area contributed by atoms with E-state index in [1.54, 1.807) is 0 Å². The zero-order chi connectivity index (χ0) is 15.9. The van der Waals surface area contributed by atoms with Gasteiger partial charge in [0.25, 0.3) is 0 Å². The van der Waals surface area contributed by atoms with Crippen LogP contribution in [0.15, 0.2) is 12.2 Å². The molecule has 1 aliphatic carbocycles. The molecule has 1 atom stereocenters. The van der Waals surface area contributed by atoms with Gasteiger partial charge in [0, 0.05) is 5.57 Å². The molecule has 1 saturated carbocycles. The monoisotopic (exact) mass is 296 g/mol. The van der Waals surface area contributed by atoms with E-state index >= 15 is 0 Å². The topological polar surface area (TPSA) is 63.6 Å². The average molecular weight is 296 g/mol. The van der Waals surface area contributed by atoms with E-state index in [-0.39, 0.29) is 24.1 Å². The van der Waals surface area contributed by atoms with E-state index in [0.717, 1.165) is 32.1 Å². The first-order valence-electron chi connectivity index (χ1n) is 8.07. The van der Waals surface area contributed by atoms with Gasteiger partial charge in [-0.25, -0.2) is 4.79 Å². The van der Waals surface area contributed by atoms with Gasteiger partial charge in [0.15, 0.2) is 0 Å². The second-order valence-corrected chi connectivity index (χ2v) is 6.13. The summed E-state index contributed by atoms with van der Waals surface area (Å²) < 4.78 is 5.71. The van der Waals surface area contributed by atoms with E-state index in [1.807, 2.05) is 13.8 Å². The van der Waals surface area contributed by atoms with Gasteiger partial charge in [-0.05, 0) is 44.9 Å². The molecule has 0 bridgehead atoms. The Balaban J connectivity index is 2.80. The van der Waals surface area contributed by atoms with Gasteiger partial charge in [-0.1, -0.05) is 33.3 Å². The molecule has 21 heavy (non-hydrogen) atoms. The lowest BCUT2D eigenvalue weighted by Crippen LogP contribution is -2.36. The van der Waals surface area contributed by atoms with Crippen molar-refractivity contribution < 1.29 is 19.4 Å². The highest BCUT2D eigenvalue weighted by Gasteiger charge is 2.40. The fourth-order valence-electron chi connectivity index (χ4n) is 3.13. The molecule has 1 rings (SSSR count). The molecule has 1 unspecified atom stereocenters. The van der Waals surface area contributed by atoms with E-state index in [2.05, 4.69) is 6.58 Å². The van der Waals surface area contributed by atoms with Gasteiger partial charge in [-0.15, -0.1) is 0 Å². The van der Waals surface area contributed by atoms with Crippen LogP contribution in [0.25, 0.3) is 0 Å². The Bertz CT molecular complexity index is 382. The second-order valence-electron chi connectivity index (χ2n) is 6.13. The first kappa shape index (κ1) is 17.7. The quantitative estimate of drug-likeness (QED) is 0.541. The SMILES string of the molecule is C=C(CC(CC)(CCC)C(=O)OC1CCCCC1)C(=O)O. The van der Waals surface area contributed by atoms with Crippen molar-refractivity contribution in [2.24, 2.45) is 5.41 Å². The standard InChI is InChI=1S/C17H28O4/c1-4-11-17(5-2,12-13(3)15(18)19)16(20)21-14-9-7-6-8-10-14/h14H,3-12H2,1-2H3,(H,18,19). The van der Waals surface area contributed by atoms with E-state index in [1.165, 1.54) is 6.42 Å². The van der Waals surface area contributed by atoms with Crippen LogP contribution in [-0.2, 0) is 14.3 Å². The third kappa shape index (κ3) is 4.87. The molecular weight excluding hydrogens is 268 g/mol. The summed E-state index contributed by atoms with van der Waals surface area (Å²) in [4.78, 5) is 23.7. The first-order valence-corrected chi connectivity index (χ1v) is 8.07. The number of rotatable bonds is 8. The van der Waals surface area contributed by atoms with Crippen LogP contribution in [0.2, 0.25) is 0 Å². The van der Waals surface area contributed by atoms with Crippen LogP contribution in [0.5, 0.6) is 0 Å². The molecule has 0 radical (unpaired) electrons. The largest absolute Gasteiger partial charge is 0.478 e. The van der Waals surface area contributed by atoms with Crippen molar-refractivity contribution in [3.05, 3.63) is 12.2 Å². The van der Waals surface area contributed by atoms with Crippen LogP contribution >= 0.6 is 0 Å². The van der Waals surface area contributed by atoms with Crippen LogP contribution in [-0.4, -0.2) is 23.1 Å². The highest BCUT2D eigenvalue weighted by molar-refractivity contribution is 5.88. The molecule has 0 amide bonds. The van der Waals surface area contributed by atoms with Crippen LogP contribution < -0.4 is 0 Å². The molecule has 4 nitrogen and oxygen atoms in total. The van der Waals surface area contributed by atoms with E-state index in [0.29, 0.717) is 12.8 Å². The van der Waals surface area contributed by atoms with Crippen molar-refractivity contribution in [1.82, 2.24) is 0 Å². The van der Waals surface area contributed by atoms with E-state index in [4.69, 9.17) is 9.84 Å². The molecule has 1 aliphatic rings. The summed E-state index contributed by atoms with van der Waals surface area (Å²) in [5.41, 5.74) is -0.646. The summed E-state index contributed by atoms with van der Waals surface area (Å²) in [7, 11) is 0. The van der Waals surface area contributed by atoms with Crippen molar-refractivity contribution in [3.63, 3.8) is 0 Å². The number of hydrogen-bond donors (Lipinski definition) is 1. The molecule has 120 valence electrons. The molecule has 4 heteroatoms. The highest BCUT2D eigenvalue weighted by atomic mass is 16.5. The second kappa shape index (κ2) is 8.20. The lowest BCUT2D eigenvalue weighted by Gasteiger charge is -2.33. The van der Waals surface area contributed by atoms with Gasteiger partial charge in [-0.2, -0.15) is 0 Å². The maximum absolute atomic E-state index is 12.7. The number of ether oxygens (including phenoxy) is 1. The molecule has 1 fully saturated rings. The molecule has 0 heterocycles. The molecule has 0 aliphatic heterocycles. The minimum Gasteiger partial charge on any atom is -0.478 e. The highest BCUT2D eigenvalue weighted by Crippen LogP contribution is 2.37. The predicted octanol–water partition coefficient (Wildman–Crippen LogP) is 4.09. The summed E-state index contributed by atoms with van der Waals surface area (Å²) in [6.07, 6.45) is 7.50. The van der Waals surface area contributed by atoms with Crippen molar-refractivity contribution >= 4 is 11.9 Å². The van der Waals surface area contributed by atoms with Gasteiger partial charge in [0.2, 0.25) is 0 Å². The molecule has 0 aromatic rings. The molecule has 0 aromatic carbocycles. The third-order valence-corrected chi connectivity index (χ3v) is 4.52. The third-order valence-electron chi connectivity index (χ3n) is 4.52. The van der Waals surface area contributed by atoms with Gasteiger partial charge >= 0.3 is 11.9 Å². The Morgan fingerprint density at radius 2 is 1.86 bits per heavy atom. The first-order chi connectivity index (χ1) is 9.95. The number of esters is 1. The van der Waals surface area contributed by atoms with Gasteiger partial charge in [0.05, 0.1) is 5.41 Å². The van der Waals surface area contributed by atoms with Gasteiger partial charge < -0.3 is 9.84 Å². The smallest absolute Gasteiger partial charge is 0.330 e. The Hall–Kier alpha value is -1.32. The zero-order valence-electron chi connectivity index (χ0n) is 13.3. The van der Waals surface area contributed by atoms with Gasteiger partial charge in [-0.3, -0.25) is 4.79 Å². The number of hydrogen-bond acceptors (Lipinski definition) is 3. The van der Waals surface area contributed by atoms with Crippen LogP contribution in [0, 0.1) is 5.41 Å². The average Bonchev–Trinajstić information content (AvgIpc) is 2.47. The molecular formula is C17H28O4. The number of carboxylic acids is 1. The maximum Gasteiger partial charge on any atom is 0.330 e. The van der Waals surface area contributed by atoms with E-state index < -0.39 is 11.4 Å². The zero-order valence-corrected chi connectivity index (χ0v) is 13.3. The van der Waals surface area contributed by atoms with Crippen molar-refractivity contribution in [1.29, 1.82) is 0 Å². The van der Waals surface area contributed by atoms with Crippen molar-refractivity contribution in [2.75, 3.05) is 0 Å².